The molecule has 1 aromatic rings. The third-order valence-corrected chi connectivity index (χ3v) is 3.77. The molecule has 0 bridgehead atoms. The summed E-state index contributed by atoms with van der Waals surface area (Å²) in [6, 6.07) is 5.56. The topological polar surface area (TPSA) is 66.8 Å². The Morgan fingerprint density at radius 2 is 2.32 bits per heavy atom. The van der Waals surface area contributed by atoms with Gasteiger partial charge in [-0.2, -0.15) is 0 Å². The number of rotatable bonds is 4. The van der Waals surface area contributed by atoms with E-state index in [-0.39, 0.29) is 18.9 Å². The number of amides is 1. The number of ether oxygens (including phenoxy) is 1. The summed E-state index contributed by atoms with van der Waals surface area (Å²) in [6.07, 6.45) is 0.0899. The lowest BCUT2D eigenvalue weighted by Gasteiger charge is -2.16. The van der Waals surface area contributed by atoms with Crippen LogP contribution in [0.3, 0.4) is 0 Å². The van der Waals surface area contributed by atoms with E-state index in [1.807, 2.05) is 18.2 Å². The van der Waals surface area contributed by atoms with Crippen LogP contribution < -0.4 is 4.74 Å². The van der Waals surface area contributed by atoms with Crippen molar-refractivity contribution in [1.29, 1.82) is 0 Å². The summed E-state index contributed by atoms with van der Waals surface area (Å²) in [5.41, 5.74) is 0.937. The van der Waals surface area contributed by atoms with Gasteiger partial charge in [-0.25, -0.2) is 0 Å². The van der Waals surface area contributed by atoms with Crippen LogP contribution in [0.4, 0.5) is 0 Å². The predicted octanol–water partition coefficient (Wildman–Crippen LogP) is 1.89. The quantitative estimate of drug-likeness (QED) is 0.917. The summed E-state index contributed by atoms with van der Waals surface area (Å²) in [5, 5.41) is 8.92. The average Bonchev–Trinajstić information content (AvgIpc) is 2.71. The van der Waals surface area contributed by atoms with E-state index in [1.54, 1.807) is 12.0 Å². The van der Waals surface area contributed by atoms with E-state index in [0.29, 0.717) is 6.54 Å². The Kier molecular flexibility index (Phi) is 4.09. The van der Waals surface area contributed by atoms with E-state index in [4.69, 9.17) is 9.84 Å². The van der Waals surface area contributed by atoms with Gasteiger partial charge in [-0.1, -0.05) is 6.07 Å². The maximum atomic E-state index is 11.7. The van der Waals surface area contributed by atoms with E-state index in [2.05, 4.69) is 15.9 Å². The van der Waals surface area contributed by atoms with Crippen LogP contribution in [0, 0.1) is 5.92 Å². The Balaban J connectivity index is 2.07. The molecule has 5 nitrogen and oxygen atoms in total. The first-order valence-corrected chi connectivity index (χ1v) is 6.63. The molecule has 1 fully saturated rings. The van der Waals surface area contributed by atoms with Gasteiger partial charge in [-0.05, 0) is 33.6 Å². The maximum absolute atomic E-state index is 11.7. The van der Waals surface area contributed by atoms with Gasteiger partial charge < -0.3 is 14.7 Å². The highest BCUT2D eigenvalue weighted by molar-refractivity contribution is 9.10. The number of methoxy groups -OCH3 is 1. The Labute approximate surface area is 119 Å². The van der Waals surface area contributed by atoms with Crippen LogP contribution in [0.25, 0.3) is 0 Å². The molecule has 0 saturated carbocycles. The molecule has 1 heterocycles. The second kappa shape index (κ2) is 5.61. The molecule has 1 saturated heterocycles. The third-order valence-electron chi connectivity index (χ3n) is 3.15. The van der Waals surface area contributed by atoms with E-state index < -0.39 is 11.9 Å². The van der Waals surface area contributed by atoms with Gasteiger partial charge in [0, 0.05) is 19.5 Å². The van der Waals surface area contributed by atoms with Crippen molar-refractivity contribution in [3.63, 3.8) is 0 Å². The van der Waals surface area contributed by atoms with Gasteiger partial charge in [0.2, 0.25) is 5.91 Å². The second-order valence-electron chi connectivity index (χ2n) is 4.48. The number of carboxylic acid groups (broad SMARTS) is 1. The minimum absolute atomic E-state index is 0.0899. The lowest BCUT2D eigenvalue weighted by atomic mass is 10.1. The molecule has 1 N–H and O–H groups in total. The van der Waals surface area contributed by atoms with Crippen molar-refractivity contribution in [1.82, 2.24) is 4.90 Å². The van der Waals surface area contributed by atoms with Crippen molar-refractivity contribution in [3.8, 4) is 5.75 Å². The van der Waals surface area contributed by atoms with E-state index in [9.17, 15) is 9.59 Å². The van der Waals surface area contributed by atoms with Gasteiger partial charge in [-0.3, -0.25) is 9.59 Å². The van der Waals surface area contributed by atoms with Gasteiger partial charge in [0.05, 0.1) is 17.5 Å². The Bertz CT molecular complexity index is 517. The molecule has 0 radical (unpaired) electrons. The molecule has 0 spiro atoms. The van der Waals surface area contributed by atoms with Crippen LogP contribution in [0.1, 0.15) is 12.0 Å². The number of likely N-dealkylation sites (tertiary alicyclic amines) is 1. The summed E-state index contributed by atoms with van der Waals surface area (Å²) in [5.74, 6) is -0.889. The minimum Gasteiger partial charge on any atom is -0.496 e. The molecule has 19 heavy (non-hydrogen) atoms. The van der Waals surface area contributed by atoms with Crippen molar-refractivity contribution < 1.29 is 19.4 Å². The van der Waals surface area contributed by atoms with Crippen LogP contribution >= 0.6 is 15.9 Å². The molecule has 2 rings (SSSR count). The highest BCUT2D eigenvalue weighted by Crippen LogP contribution is 2.27. The molecule has 1 unspecified atom stereocenters. The fraction of sp³-hybridized carbons (Fsp3) is 0.385. The Morgan fingerprint density at radius 1 is 1.58 bits per heavy atom. The summed E-state index contributed by atoms with van der Waals surface area (Å²) >= 11 is 3.38. The number of aliphatic carboxylic acids is 1. The van der Waals surface area contributed by atoms with Gasteiger partial charge in [0.15, 0.2) is 0 Å². The standard InChI is InChI=1S/C13H14BrNO4/c1-19-11-3-2-8(4-10(11)14)6-15-7-9(13(17)18)5-12(15)16/h2-4,9H,5-7H2,1H3,(H,17,18). The molecule has 1 aromatic carbocycles. The van der Waals surface area contributed by atoms with Crippen molar-refractivity contribution in [3.05, 3.63) is 28.2 Å². The third kappa shape index (κ3) is 3.07. The van der Waals surface area contributed by atoms with E-state index in [1.165, 1.54) is 0 Å². The zero-order chi connectivity index (χ0) is 14.0. The molecule has 0 aromatic heterocycles. The maximum Gasteiger partial charge on any atom is 0.308 e. The number of hydrogen-bond donors (Lipinski definition) is 1. The molecular weight excluding hydrogens is 314 g/mol. The van der Waals surface area contributed by atoms with Crippen LogP contribution in [0.15, 0.2) is 22.7 Å². The van der Waals surface area contributed by atoms with E-state index >= 15 is 0 Å². The molecule has 0 aliphatic carbocycles. The summed E-state index contributed by atoms with van der Waals surface area (Å²) in [6.45, 7) is 0.697. The summed E-state index contributed by atoms with van der Waals surface area (Å²) in [7, 11) is 1.58. The lowest BCUT2D eigenvalue weighted by Crippen LogP contribution is -2.25. The fourth-order valence-electron chi connectivity index (χ4n) is 2.12. The largest absolute Gasteiger partial charge is 0.496 e. The van der Waals surface area contributed by atoms with Gasteiger partial charge in [0.1, 0.15) is 5.75 Å². The number of halogens is 1. The predicted molar refractivity (Wildman–Crippen MR) is 71.9 cm³/mol. The molecule has 6 heteroatoms. The Morgan fingerprint density at radius 3 is 2.84 bits per heavy atom. The minimum atomic E-state index is -0.910. The first-order valence-electron chi connectivity index (χ1n) is 5.84. The number of carbonyl (C=O) groups is 2. The first-order chi connectivity index (χ1) is 9.01. The second-order valence-corrected chi connectivity index (χ2v) is 5.34. The van der Waals surface area contributed by atoms with Crippen LogP contribution in [0.2, 0.25) is 0 Å². The smallest absolute Gasteiger partial charge is 0.308 e. The van der Waals surface area contributed by atoms with Crippen molar-refractivity contribution in [2.75, 3.05) is 13.7 Å². The number of nitrogens with zero attached hydrogens (tertiary/aromatic N) is 1. The van der Waals surface area contributed by atoms with Gasteiger partial charge in [-0.15, -0.1) is 0 Å². The normalized spacial score (nSPS) is 18.7. The number of hydrogen-bond acceptors (Lipinski definition) is 3. The SMILES string of the molecule is COc1ccc(CN2CC(C(=O)O)CC2=O)cc1Br. The lowest BCUT2D eigenvalue weighted by molar-refractivity contribution is -0.141. The Hall–Kier alpha value is -1.56. The molecule has 102 valence electrons. The van der Waals surface area contributed by atoms with Crippen LogP contribution in [0.5, 0.6) is 5.75 Å². The van der Waals surface area contributed by atoms with Crippen LogP contribution in [-0.2, 0) is 16.1 Å². The molecular formula is C13H14BrNO4. The van der Waals surface area contributed by atoms with Gasteiger partial charge >= 0.3 is 5.97 Å². The molecule has 1 aliphatic rings. The van der Waals surface area contributed by atoms with E-state index in [0.717, 1.165) is 15.8 Å². The van der Waals surface area contributed by atoms with Crippen LogP contribution in [-0.4, -0.2) is 35.5 Å². The average molecular weight is 328 g/mol. The number of carbonyl (C=O) groups excluding carboxylic acids is 1. The molecule has 1 amide bonds. The zero-order valence-electron chi connectivity index (χ0n) is 10.4. The highest BCUT2D eigenvalue weighted by atomic mass is 79.9. The summed E-state index contributed by atoms with van der Waals surface area (Å²) < 4.78 is 5.95. The monoisotopic (exact) mass is 327 g/mol. The number of benzene rings is 1. The number of carboxylic acids is 1. The zero-order valence-corrected chi connectivity index (χ0v) is 12.0. The molecule has 1 atom stereocenters. The highest BCUT2D eigenvalue weighted by Gasteiger charge is 2.34. The first kappa shape index (κ1) is 13.9. The molecule has 1 aliphatic heterocycles. The fourth-order valence-corrected chi connectivity index (χ4v) is 2.71. The van der Waals surface area contributed by atoms with Gasteiger partial charge in [0.25, 0.3) is 0 Å². The van der Waals surface area contributed by atoms with Crippen molar-refractivity contribution in [2.45, 2.75) is 13.0 Å². The van der Waals surface area contributed by atoms with Crippen molar-refractivity contribution in [2.24, 2.45) is 5.92 Å². The summed E-state index contributed by atoms with van der Waals surface area (Å²) in [4.78, 5) is 24.2. The van der Waals surface area contributed by atoms with Crippen molar-refractivity contribution >= 4 is 27.8 Å².